The van der Waals surface area contributed by atoms with E-state index in [0.717, 1.165) is 11.1 Å². The van der Waals surface area contributed by atoms with Gasteiger partial charge in [-0.15, -0.1) is 5.11 Å². The number of carbonyl (C=O) groups excluding carboxylic acids is 2. The summed E-state index contributed by atoms with van der Waals surface area (Å²) < 4.78 is 15.2. The fraction of sp³-hybridized carbons (Fsp3) is 0.333. The Morgan fingerprint density at radius 2 is 1.62 bits per heavy atom. The Morgan fingerprint density at radius 1 is 1.00 bits per heavy atom. The lowest BCUT2D eigenvalue weighted by Crippen LogP contribution is -2.51. The zero-order valence-corrected chi connectivity index (χ0v) is 16.6. The predicted molar refractivity (Wildman–Crippen MR) is 104 cm³/mol. The molecule has 0 amide bonds. The van der Waals surface area contributed by atoms with Crippen molar-refractivity contribution in [3.8, 4) is 5.75 Å². The van der Waals surface area contributed by atoms with Crippen LogP contribution >= 0.6 is 0 Å². The molecule has 0 radical (unpaired) electrons. The van der Waals surface area contributed by atoms with Crippen LogP contribution < -0.4 is 4.74 Å². The van der Waals surface area contributed by atoms with Crippen LogP contribution in [-0.2, 0) is 25.6 Å². The van der Waals surface area contributed by atoms with Gasteiger partial charge in [0.2, 0.25) is 0 Å². The molecule has 2 aromatic carbocycles. The Hall–Kier alpha value is -3.42. The zero-order valence-electron chi connectivity index (χ0n) is 16.6. The first-order chi connectivity index (χ1) is 14.1. The molecule has 0 bridgehead atoms. The summed E-state index contributed by atoms with van der Waals surface area (Å²) in [5.41, 5.74) is -0.0842. The number of benzene rings is 2. The van der Waals surface area contributed by atoms with Crippen molar-refractivity contribution in [2.75, 3.05) is 21.3 Å². The maximum absolute atomic E-state index is 12.6. The van der Waals surface area contributed by atoms with Gasteiger partial charge in [0.1, 0.15) is 5.75 Å². The molecule has 0 N–H and O–H groups in total. The van der Waals surface area contributed by atoms with Gasteiger partial charge in [0, 0.05) is 12.0 Å². The maximum atomic E-state index is 12.6. The largest absolute Gasteiger partial charge is 0.496 e. The molecule has 152 valence electrons. The van der Waals surface area contributed by atoms with Crippen LogP contribution in [0, 0.1) is 0 Å². The van der Waals surface area contributed by atoms with Crippen molar-refractivity contribution in [2.24, 2.45) is 10.3 Å². The first kappa shape index (κ1) is 20.3. The summed E-state index contributed by atoms with van der Waals surface area (Å²) in [7, 11) is 3.98. The summed E-state index contributed by atoms with van der Waals surface area (Å²) in [6.45, 7) is 0.436. The molecule has 29 heavy (non-hydrogen) atoms. The number of rotatable bonds is 6. The number of hydrogen-bond acceptors (Lipinski definition) is 8. The fourth-order valence-corrected chi connectivity index (χ4v) is 3.42. The second-order valence-corrected chi connectivity index (χ2v) is 6.58. The van der Waals surface area contributed by atoms with E-state index in [1.165, 1.54) is 14.2 Å². The molecule has 2 aromatic rings. The van der Waals surface area contributed by atoms with Gasteiger partial charge in [0.15, 0.2) is 0 Å². The molecule has 0 saturated heterocycles. The highest BCUT2D eigenvalue weighted by atomic mass is 16.5. The summed E-state index contributed by atoms with van der Waals surface area (Å²) in [5, 5.41) is 10.1. The molecule has 0 spiro atoms. The minimum absolute atomic E-state index is 0.00303. The Kier molecular flexibility index (Phi) is 6.11. The molecular weight excluding hydrogens is 374 g/mol. The van der Waals surface area contributed by atoms with Crippen LogP contribution in [0.5, 0.6) is 5.75 Å². The van der Waals surface area contributed by atoms with Gasteiger partial charge >= 0.3 is 11.9 Å². The third kappa shape index (κ3) is 3.91. The Morgan fingerprint density at radius 3 is 2.24 bits per heavy atom. The van der Waals surface area contributed by atoms with Gasteiger partial charge in [0.05, 0.1) is 33.9 Å². The van der Waals surface area contributed by atoms with Crippen molar-refractivity contribution in [3.05, 3.63) is 65.7 Å². The van der Waals surface area contributed by atoms with Crippen molar-refractivity contribution in [1.82, 2.24) is 5.01 Å². The molecule has 0 aromatic heterocycles. The Balaban J connectivity index is 2.09. The van der Waals surface area contributed by atoms with Crippen LogP contribution in [0.1, 0.15) is 23.6 Å². The molecule has 1 aliphatic rings. The number of para-hydroxylation sites is 1. The smallest absolute Gasteiger partial charge is 0.347 e. The SMILES string of the molecule is COC(=O)C1(C(=O)OC)CC(c2ccccc2OC)N(Cc2ccccc2)N=N1. The van der Waals surface area contributed by atoms with Crippen LogP contribution in [0.15, 0.2) is 64.9 Å². The van der Waals surface area contributed by atoms with E-state index in [2.05, 4.69) is 10.3 Å². The van der Waals surface area contributed by atoms with E-state index >= 15 is 0 Å². The van der Waals surface area contributed by atoms with E-state index in [9.17, 15) is 9.59 Å². The minimum atomic E-state index is -1.87. The van der Waals surface area contributed by atoms with E-state index in [1.54, 1.807) is 12.1 Å². The highest BCUT2D eigenvalue weighted by Gasteiger charge is 2.54. The number of esters is 2. The third-order valence-corrected chi connectivity index (χ3v) is 4.91. The first-order valence-corrected chi connectivity index (χ1v) is 9.09. The quantitative estimate of drug-likeness (QED) is 0.550. The van der Waals surface area contributed by atoms with E-state index < -0.39 is 23.5 Å². The molecule has 0 fully saturated rings. The minimum Gasteiger partial charge on any atom is -0.496 e. The number of ether oxygens (including phenoxy) is 3. The fourth-order valence-electron chi connectivity index (χ4n) is 3.42. The molecule has 3 rings (SSSR count). The van der Waals surface area contributed by atoms with Crippen LogP contribution in [0.3, 0.4) is 0 Å². The maximum Gasteiger partial charge on any atom is 0.347 e. The van der Waals surface area contributed by atoms with Crippen LogP contribution in [0.2, 0.25) is 0 Å². The highest BCUT2D eigenvalue weighted by Crippen LogP contribution is 2.42. The van der Waals surface area contributed by atoms with Gasteiger partial charge in [-0.25, -0.2) is 9.59 Å². The molecule has 1 unspecified atom stereocenters. The lowest BCUT2D eigenvalue weighted by Gasteiger charge is -2.38. The normalized spacial score (nSPS) is 17.5. The van der Waals surface area contributed by atoms with Gasteiger partial charge in [0.25, 0.3) is 5.54 Å². The van der Waals surface area contributed by atoms with Gasteiger partial charge in [-0.1, -0.05) is 53.8 Å². The van der Waals surface area contributed by atoms with E-state index in [1.807, 2.05) is 54.6 Å². The average molecular weight is 397 g/mol. The lowest BCUT2D eigenvalue weighted by atomic mass is 9.86. The number of carbonyl (C=O) groups is 2. The average Bonchev–Trinajstić information content (AvgIpc) is 2.79. The van der Waals surface area contributed by atoms with Crippen molar-refractivity contribution < 1.29 is 23.8 Å². The molecule has 1 heterocycles. The summed E-state index contributed by atoms with van der Waals surface area (Å²) in [6, 6.07) is 16.7. The van der Waals surface area contributed by atoms with Crippen molar-refractivity contribution in [3.63, 3.8) is 0 Å². The van der Waals surface area contributed by atoms with E-state index in [0.29, 0.717) is 12.3 Å². The predicted octanol–water partition coefficient (Wildman–Crippen LogP) is 3.09. The second kappa shape index (κ2) is 8.72. The highest BCUT2D eigenvalue weighted by molar-refractivity contribution is 6.05. The Bertz CT molecular complexity index is 884. The van der Waals surface area contributed by atoms with Gasteiger partial charge in [-0.2, -0.15) is 0 Å². The third-order valence-electron chi connectivity index (χ3n) is 4.91. The molecule has 8 heteroatoms. The monoisotopic (exact) mass is 397 g/mol. The molecule has 1 aliphatic heterocycles. The summed E-state index contributed by atoms with van der Waals surface area (Å²) >= 11 is 0. The lowest BCUT2D eigenvalue weighted by molar-refractivity contribution is -0.164. The summed E-state index contributed by atoms with van der Waals surface area (Å²) in [6.07, 6.45) is 0.00303. The van der Waals surface area contributed by atoms with Crippen molar-refractivity contribution >= 4 is 11.9 Å². The zero-order chi connectivity index (χ0) is 20.9. The summed E-state index contributed by atoms with van der Waals surface area (Å²) in [5.74, 6) is -1.00. The summed E-state index contributed by atoms with van der Waals surface area (Å²) in [4.78, 5) is 25.1. The second-order valence-electron chi connectivity index (χ2n) is 6.58. The standard InChI is InChI=1S/C21H23N3O5/c1-27-18-12-8-7-11-16(18)17-13-21(19(25)28-2,20(26)29-3)22-23-24(17)14-15-9-5-4-6-10-15/h4-12,17H,13-14H2,1-3H3. The van der Waals surface area contributed by atoms with E-state index in [-0.39, 0.29) is 6.42 Å². The number of hydrogen-bond donors (Lipinski definition) is 0. The van der Waals surface area contributed by atoms with Crippen molar-refractivity contribution in [2.45, 2.75) is 24.5 Å². The van der Waals surface area contributed by atoms with Crippen LogP contribution in [0.4, 0.5) is 0 Å². The van der Waals surface area contributed by atoms with Crippen LogP contribution in [-0.4, -0.2) is 43.8 Å². The molecular formula is C21H23N3O5. The molecule has 0 aliphatic carbocycles. The topological polar surface area (TPSA) is 89.8 Å². The number of methoxy groups -OCH3 is 3. The van der Waals surface area contributed by atoms with Gasteiger partial charge in [-0.3, -0.25) is 5.01 Å². The molecule has 0 saturated carbocycles. The van der Waals surface area contributed by atoms with Crippen molar-refractivity contribution in [1.29, 1.82) is 0 Å². The molecule has 8 nitrogen and oxygen atoms in total. The first-order valence-electron chi connectivity index (χ1n) is 9.09. The molecule has 1 atom stereocenters. The number of nitrogens with zero attached hydrogens (tertiary/aromatic N) is 3. The van der Waals surface area contributed by atoms with Gasteiger partial charge < -0.3 is 14.2 Å². The Labute approximate surface area is 169 Å². The van der Waals surface area contributed by atoms with Gasteiger partial charge in [-0.05, 0) is 11.6 Å². The van der Waals surface area contributed by atoms with Crippen LogP contribution in [0.25, 0.3) is 0 Å². The van der Waals surface area contributed by atoms with E-state index in [4.69, 9.17) is 14.2 Å².